The largest absolute Gasteiger partial charge is 0.347 e. The van der Waals surface area contributed by atoms with Crippen LogP contribution in [0.25, 0.3) is 10.8 Å². The second-order valence-corrected chi connectivity index (χ2v) is 6.06. The fourth-order valence-corrected chi connectivity index (χ4v) is 2.92. The number of benzene rings is 1. The van der Waals surface area contributed by atoms with E-state index in [1.54, 1.807) is 17.0 Å². The number of pyridine rings is 2. The highest BCUT2D eigenvalue weighted by molar-refractivity contribution is 5.96. The normalized spacial score (nSPS) is 13.8. The van der Waals surface area contributed by atoms with Crippen molar-refractivity contribution >= 4 is 16.7 Å². The lowest BCUT2D eigenvalue weighted by Gasteiger charge is -2.14. The summed E-state index contributed by atoms with van der Waals surface area (Å²) in [4.78, 5) is 29.4. The van der Waals surface area contributed by atoms with Gasteiger partial charge in [-0.15, -0.1) is 0 Å². The van der Waals surface area contributed by atoms with Gasteiger partial charge < -0.3 is 9.88 Å². The first kappa shape index (κ1) is 14.6. The van der Waals surface area contributed by atoms with Crippen molar-refractivity contribution in [2.24, 2.45) is 0 Å². The summed E-state index contributed by atoms with van der Waals surface area (Å²) in [5.41, 5.74) is 1.33. The molecule has 1 aliphatic carbocycles. The van der Waals surface area contributed by atoms with Crippen molar-refractivity contribution in [3.63, 3.8) is 0 Å². The molecule has 5 nitrogen and oxygen atoms in total. The van der Waals surface area contributed by atoms with Crippen LogP contribution >= 0.6 is 0 Å². The van der Waals surface area contributed by atoms with Gasteiger partial charge in [0.05, 0.1) is 0 Å². The third-order valence-corrected chi connectivity index (χ3v) is 4.31. The average molecular weight is 319 g/mol. The molecule has 2 aromatic heterocycles. The first-order chi connectivity index (χ1) is 11.7. The topological polar surface area (TPSA) is 64.0 Å². The van der Waals surface area contributed by atoms with Crippen LogP contribution in [0.2, 0.25) is 0 Å². The zero-order valence-corrected chi connectivity index (χ0v) is 13.1. The van der Waals surface area contributed by atoms with Crippen LogP contribution in [0.4, 0.5) is 0 Å². The third-order valence-electron chi connectivity index (χ3n) is 4.31. The van der Waals surface area contributed by atoms with Gasteiger partial charge in [-0.05, 0) is 48.1 Å². The molecule has 24 heavy (non-hydrogen) atoms. The van der Waals surface area contributed by atoms with E-state index in [9.17, 15) is 9.59 Å². The number of aromatic nitrogens is 2. The minimum Gasteiger partial charge on any atom is -0.347 e. The lowest BCUT2D eigenvalue weighted by atomic mass is 10.1. The Bertz CT molecular complexity index is 959. The summed E-state index contributed by atoms with van der Waals surface area (Å²) in [7, 11) is 0. The van der Waals surface area contributed by atoms with Gasteiger partial charge in [0.2, 0.25) is 0 Å². The molecule has 0 spiro atoms. The summed E-state index contributed by atoms with van der Waals surface area (Å²) >= 11 is 0. The molecular weight excluding hydrogens is 302 g/mol. The van der Waals surface area contributed by atoms with Gasteiger partial charge in [-0.25, -0.2) is 0 Å². The Morgan fingerprint density at radius 2 is 1.92 bits per heavy atom. The maximum atomic E-state index is 12.8. The predicted octanol–water partition coefficient (Wildman–Crippen LogP) is 2.66. The van der Waals surface area contributed by atoms with Gasteiger partial charge in [-0.1, -0.05) is 18.2 Å². The molecule has 5 heteroatoms. The van der Waals surface area contributed by atoms with E-state index in [1.165, 1.54) is 0 Å². The highest BCUT2D eigenvalue weighted by Crippen LogP contribution is 2.35. The van der Waals surface area contributed by atoms with Gasteiger partial charge in [0.15, 0.2) is 0 Å². The first-order valence-corrected chi connectivity index (χ1v) is 8.05. The Kier molecular flexibility index (Phi) is 3.61. The smallest absolute Gasteiger partial charge is 0.268 e. The third kappa shape index (κ3) is 2.69. The Balaban J connectivity index is 1.71. The molecular formula is C19H17N3O2. The van der Waals surface area contributed by atoms with Gasteiger partial charge >= 0.3 is 0 Å². The van der Waals surface area contributed by atoms with E-state index in [2.05, 4.69) is 10.3 Å². The average Bonchev–Trinajstić information content (AvgIpc) is 3.45. The number of rotatable bonds is 4. The van der Waals surface area contributed by atoms with E-state index in [-0.39, 0.29) is 17.5 Å². The number of carbonyl (C=O) groups excluding carboxylic acids is 1. The summed E-state index contributed by atoms with van der Waals surface area (Å²) < 4.78 is 1.66. The van der Waals surface area contributed by atoms with Crippen LogP contribution in [0.5, 0.6) is 0 Å². The Morgan fingerprint density at radius 1 is 1.17 bits per heavy atom. The van der Waals surface area contributed by atoms with Crippen molar-refractivity contribution in [3.05, 3.63) is 76.5 Å². The molecule has 0 atom stereocenters. The molecule has 1 aliphatic rings. The van der Waals surface area contributed by atoms with Gasteiger partial charge in [0, 0.05) is 30.4 Å². The molecule has 3 aromatic rings. The van der Waals surface area contributed by atoms with E-state index in [1.807, 2.05) is 42.5 Å². The summed E-state index contributed by atoms with van der Waals surface area (Å²) in [6.45, 7) is 0.410. The van der Waals surface area contributed by atoms with Crippen LogP contribution in [-0.4, -0.2) is 15.5 Å². The minimum atomic E-state index is -0.221. The van der Waals surface area contributed by atoms with Gasteiger partial charge in [0.1, 0.15) is 5.69 Å². The van der Waals surface area contributed by atoms with Crippen LogP contribution in [0.3, 0.4) is 0 Å². The van der Waals surface area contributed by atoms with Crippen LogP contribution < -0.4 is 10.9 Å². The number of hydrogen-bond acceptors (Lipinski definition) is 3. The molecule has 0 unspecified atom stereocenters. The first-order valence-electron chi connectivity index (χ1n) is 8.05. The summed E-state index contributed by atoms with van der Waals surface area (Å²) in [5, 5.41) is 4.37. The van der Waals surface area contributed by atoms with Crippen molar-refractivity contribution in [1.82, 2.24) is 14.9 Å². The highest BCUT2D eigenvalue weighted by atomic mass is 16.2. The van der Waals surface area contributed by atoms with E-state index >= 15 is 0 Å². The Labute approximate surface area is 139 Å². The lowest BCUT2D eigenvalue weighted by molar-refractivity contribution is 0.0940. The molecule has 120 valence electrons. The second-order valence-electron chi connectivity index (χ2n) is 6.06. The Morgan fingerprint density at radius 3 is 2.67 bits per heavy atom. The van der Waals surface area contributed by atoms with Crippen molar-refractivity contribution in [2.75, 3.05) is 0 Å². The monoisotopic (exact) mass is 319 g/mol. The lowest BCUT2D eigenvalue weighted by Crippen LogP contribution is -2.31. The molecule has 0 aliphatic heterocycles. The minimum absolute atomic E-state index is 0.0790. The quantitative estimate of drug-likeness (QED) is 0.804. The number of nitrogens with one attached hydrogen (secondary N) is 1. The molecule has 1 N–H and O–H groups in total. The van der Waals surface area contributed by atoms with E-state index in [0.717, 1.165) is 23.8 Å². The van der Waals surface area contributed by atoms with Crippen LogP contribution in [0, 0.1) is 0 Å². The Hall–Kier alpha value is -2.95. The summed E-state index contributed by atoms with van der Waals surface area (Å²) in [6, 6.07) is 13.1. The molecule has 1 aromatic carbocycles. The number of carbonyl (C=O) groups is 1. The number of hydrogen-bond donors (Lipinski definition) is 1. The predicted molar refractivity (Wildman–Crippen MR) is 91.9 cm³/mol. The van der Waals surface area contributed by atoms with Crippen LogP contribution in [0.15, 0.2) is 59.7 Å². The molecule has 1 fully saturated rings. The standard InChI is InChI=1S/C19H17N3O2/c23-18(21-12-13-7-9-20-10-8-13)17-11-14-3-1-2-4-16(14)19(24)22(17)15-5-6-15/h1-4,7-11,15H,5-6,12H2,(H,21,23). The van der Waals surface area contributed by atoms with Crippen LogP contribution in [0.1, 0.15) is 34.9 Å². The van der Waals surface area contributed by atoms with E-state index in [0.29, 0.717) is 17.6 Å². The summed E-state index contributed by atoms with van der Waals surface area (Å²) in [5.74, 6) is -0.221. The molecule has 1 amide bonds. The van der Waals surface area contributed by atoms with Gasteiger partial charge in [-0.3, -0.25) is 14.6 Å². The molecule has 1 saturated carbocycles. The molecule has 4 rings (SSSR count). The zero-order chi connectivity index (χ0) is 16.5. The van der Waals surface area contributed by atoms with Crippen molar-refractivity contribution in [3.8, 4) is 0 Å². The highest BCUT2D eigenvalue weighted by Gasteiger charge is 2.29. The zero-order valence-electron chi connectivity index (χ0n) is 13.1. The maximum Gasteiger partial charge on any atom is 0.268 e. The number of amides is 1. The fraction of sp³-hybridized carbons (Fsp3) is 0.211. The fourth-order valence-electron chi connectivity index (χ4n) is 2.92. The van der Waals surface area contributed by atoms with Gasteiger partial charge in [-0.2, -0.15) is 0 Å². The van der Waals surface area contributed by atoms with E-state index < -0.39 is 0 Å². The summed E-state index contributed by atoms with van der Waals surface area (Å²) in [6.07, 6.45) is 5.28. The van der Waals surface area contributed by atoms with Gasteiger partial charge in [0.25, 0.3) is 11.5 Å². The molecule has 0 bridgehead atoms. The second kappa shape index (κ2) is 5.92. The van der Waals surface area contributed by atoms with Crippen molar-refractivity contribution < 1.29 is 4.79 Å². The molecule has 0 radical (unpaired) electrons. The van der Waals surface area contributed by atoms with E-state index in [4.69, 9.17) is 0 Å². The van der Waals surface area contributed by atoms with Crippen LogP contribution in [-0.2, 0) is 6.54 Å². The molecule has 2 heterocycles. The number of nitrogens with zero attached hydrogens (tertiary/aromatic N) is 2. The van der Waals surface area contributed by atoms with Crippen molar-refractivity contribution in [1.29, 1.82) is 0 Å². The van der Waals surface area contributed by atoms with Crippen molar-refractivity contribution in [2.45, 2.75) is 25.4 Å². The molecule has 0 saturated heterocycles. The SMILES string of the molecule is O=C(NCc1ccncc1)c1cc2ccccc2c(=O)n1C1CC1. The number of fused-ring (bicyclic) bond motifs is 1. The maximum absolute atomic E-state index is 12.8.